The summed E-state index contributed by atoms with van der Waals surface area (Å²) in [4.78, 5) is 22.9. The zero-order chi connectivity index (χ0) is 14.4. The maximum Gasteiger partial charge on any atom is 0.413 e. The summed E-state index contributed by atoms with van der Waals surface area (Å²) in [7, 11) is 0. The molecule has 0 saturated heterocycles. The number of hydrogen-bond donors (Lipinski definition) is 2. The van der Waals surface area contributed by atoms with Crippen molar-refractivity contribution in [3.63, 3.8) is 0 Å². The topological polar surface area (TPSA) is 75.6 Å². The lowest BCUT2D eigenvalue weighted by Gasteiger charge is -2.14. The number of hydrogen-bond acceptors (Lipinski definition) is 3. The molecule has 5 heteroatoms. The zero-order valence-electron chi connectivity index (χ0n) is 10.5. The van der Waals surface area contributed by atoms with Crippen LogP contribution in [0, 0.1) is 0 Å². The van der Waals surface area contributed by atoms with Crippen molar-refractivity contribution in [2.75, 3.05) is 0 Å². The van der Waals surface area contributed by atoms with Crippen LogP contribution in [0.5, 0.6) is 5.75 Å². The van der Waals surface area contributed by atoms with Crippen LogP contribution in [0.25, 0.3) is 0 Å². The highest BCUT2D eigenvalue weighted by molar-refractivity contribution is 5.82. The van der Waals surface area contributed by atoms with Crippen LogP contribution in [0.2, 0.25) is 0 Å². The minimum atomic E-state index is -1.15. The van der Waals surface area contributed by atoms with Crippen molar-refractivity contribution in [3.05, 3.63) is 66.2 Å². The summed E-state index contributed by atoms with van der Waals surface area (Å²) in [6, 6.07) is 15.7. The van der Waals surface area contributed by atoms with Gasteiger partial charge in [-0.1, -0.05) is 48.5 Å². The molecule has 0 aliphatic heterocycles. The van der Waals surface area contributed by atoms with E-state index in [2.05, 4.69) is 5.32 Å². The van der Waals surface area contributed by atoms with E-state index >= 15 is 0 Å². The molecule has 0 aliphatic rings. The summed E-state index contributed by atoms with van der Waals surface area (Å²) in [6.45, 7) is 0. The Morgan fingerprint density at radius 3 is 2.05 bits per heavy atom. The van der Waals surface area contributed by atoms with Crippen LogP contribution >= 0.6 is 0 Å². The predicted octanol–water partition coefficient (Wildman–Crippen LogP) is 2.60. The second kappa shape index (κ2) is 6.38. The van der Waals surface area contributed by atoms with E-state index in [-0.39, 0.29) is 0 Å². The standard InChI is InChI=1S/C15H13NO4/c17-14(18)13(11-7-3-1-4-8-11)16-15(19)20-12-9-5-2-6-10-12/h1-10,13H,(H,16,19)(H,17,18). The molecule has 0 bridgehead atoms. The Hall–Kier alpha value is -2.82. The largest absolute Gasteiger partial charge is 0.479 e. The molecule has 0 saturated carbocycles. The van der Waals surface area contributed by atoms with Gasteiger partial charge in [-0.25, -0.2) is 9.59 Å². The van der Waals surface area contributed by atoms with Crippen LogP contribution in [-0.2, 0) is 4.79 Å². The third-order valence-corrected chi connectivity index (χ3v) is 2.60. The highest BCUT2D eigenvalue weighted by Crippen LogP contribution is 2.14. The van der Waals surface area contributed by atoms with E-state index in [1.54, 1.807) is 60.7 Å². The van der Waals surface area contributed by atoms with Gasteiger partial charge in [-0.05, 0) is 17.7 Å². The first-order valence-corrected chi connectivity index (χ1v) is 5.98. The van der Waals surface area contributed by atoms with Gasteiger partial charge in [0.15, 0.2) is 6.04 Å². The van der Waals surface area contributed by atoms with E-state index < -0.39 is 18.1 Å². The van der Waals surface area contributed by atoms with Crippen molar-refractivity contribution >= 4 is 12.1 Å². The number of carbonyl (C=O) groups excluding carboxylic acids is 1. The van der Waals surface area contributed by atoms with Gasteiger partial charge < -0.3 is 15.2 Å². The lowest BCUT2D eigenvalue weighted by atomic mass is 10.1. The summed E-state index contributed by atoms with van der Waals surface area (Å²) in [5, 5.41) is 11.5. The molecule has 20 heavy (non-hydrogen) atoms. The summed E-state index contributed by atoms with van der Waals surface area (Å²) in [5.74, 6) is -0.802. The van der Waals surface area contributed by atoms with Gasteiger partial charge in [0.25, 0.3) is 0 Å². The Labute approximate surface area is 115 Å². The van der Waals surface area contributed by atoms with Crippen molar-refractivity contribution in [2.45, 2.75) is 6.04 Å². The molecule has 0 spiro atoms. The third kappa shape index (κ3) is 3.58. The Bertz CT molecular complexity index is 583. The maximum atomic E-state index is 11.7. The molecule has 2 aromatic carbocycles. The molecule has 5 nitrogen and oxygen atoms in total. The molecule has 0 radical (unpaired) electrons. The van der Waals surface area contributed by atoms with Gasteiger partial charge >= 0.3 is 12.1 Å². The Kier molecular flexibility index (Phi) is 4.34. The number of carboxylic acids is 1. The van der Waals surface area contributed by atoms with E-state index in [1.807, 2.05) is 0 Å². The fourth-order valence-corrected chi connectivity index (χ4v) is 1.68. The zero-order valence-corrected chi connectivity index (χ0v) is 10.5. The van der Waals surface area contributed by atoms with E-state index in [0.29, 0.717) is 11.3 Å². The van der Waals surface area contributed by atoms with E-state index in [0.717, 1.165) is 0 Å². The van der Waals surface area contributed by atoms with Gasteiger partial charge in [-0.3, -0.25) is 0 Å². The highest BCUT2D eigenvalue weighted by atomic mass is 16.6. The van der Waals surface area contributed by atoms with Crippen LogP contribution in [0.15, 0.2) is 60.7 Å². The molecule has 0 heterocycles. The number of rotatable bonds is 4. The molecule has 0 aliphatic carbocycles. The van der Waals surface area contributed by atoms with Gasteiger partial charge in [0.1, 0.15) is 5.75 Å². The summed E-state index contributed by atoms with van der Waals surface area (Å²) in [6.07, 6.45) is -0.813. The van der Waals surface area contributed by atoms with E-state index in [9.17, 15) is 14.7 Å². The molecule has 1 unspecified atom stereocenters. The number of aliphatic carboxylic acids is 1. The Morgan fingerprint density at radius 2 is 1.50 bits per heavy atom. The Morgan fingerprint density at radius 1 is 0.950 bits per heavy atom. The molecular formula is C15H13NO4. The van der Waals surface area contributed by atoms with Crippen LogP contribution in [0.1, 0.15) is 11.6 Å². The minimum Gasteiger partial charge on any atom is -0.479 e. The number of carboxylic acid groups (broad SMARTS) is 1. The lowest BCUT2D eigenvalue weighted by molar-refractivity contribution is -0.139. The second-order valence-electron chi connectivity index (χ2n) is 4.03. The molecule has 2 N–H and O–H groups in total. The minimum absolute atomic E-state index is 0.349. The number of benzene rings is 2. The second-order valence-corrected chi connectivity index (χ2v) is 4.03. The number of para-hydroxylation sites is 1. The molecule has 2 rings (SSSR count). The predicted molar refractivity (Wildman–Crippen MR) is 72.4 cm³/mol. The monoisotopic (exact) mass is 271 g/mol. The van der Waals surface area contributed by atoms with Gasteiger partial charge in [0.05, 0.1) is 0 Å². The van der Waals surface area contributed by atoms with Crippen molar-refractivity contribution in [1.82, 2.24) is 5.32 Å². The smallest absolute Gasteiger partial charge is 0.413 e. The van der Waals surface area contributed by atoms with Crippen molar-refractivity contribution in [3.8, 4) is 5.75 Å². The third-order valence-electron chi connectivity index (χ3n) is 2.60. The molecule has 0 aromatic heterocycles. The van der Waals surface area contributed by atoms with Crippen molar-refractivity contribution < 1.29 is 19.4 Å². The summed E-state index contributed by atoms with van der Waals surface area (Å²) < 4.78 is 5.00. The number of nitrogens with one attached hydrogen (secondary N) is 1. The quantitative estimate of drug-likeness (QED) is 0.896. The highest BCUT2D eigenvalue weighted by Gasteiger charge is 2.22. The van der Waals surface area contributed by atoms with Crippen LogP contribution in [0.4, 0.5) is 4.79 Å². The van der Waals surface area contributed by atoms with E-state index in [1.165, 1.54) is 0 Å². The molecular weight excluding hydrogens is 258 g/mol. The van der Waals surface area contributed by atoms with Gasteiger partial charge in [-0.15, -0.1) is 0 Å². The first kappa shape index (κ1) is 13.6. The van der Waals surface area contributed by atoms with Crippen LogP contribution < -0.4 is 10.1 Å². The fourth-order valence-electron chi connectivity index (χ4n) is 1.68. The van der Waals surface area contributed by atoms with Gasteiger partial charge in [0.2, 0.25) is 0 Å². The lowest BCUT2D eigenvalue weighted by Crippen LogP contribution is -2.35. The SMILES string of the molecule is O=C(NC(C(=O)O)c1ccccc1)Oc1ccccc1. The number of ether oxygens (including phenoxy) is 1. The molecule has 102 valence electrons. The van der Waals surface area contributed by atoms with Crippen LogP contribution in [-0.4, -0.2) is 17.2 Å². The number of amides is 1. The normalized spacial score (nSPS) is 11.4. The summed E-state index contributed by atoms with van der Waals surface area (Å²) >= 11 is 0. The number of carbonyl (C=O) groups is 2. The molecule has 1 amide bonds. The molecule has 0 fully saturated rings. The molecule has 1 atom stereocenters. The summed E-state index contributed by atoms with van der Waals surface area (Å²) in [5.41, 5.74) is 0.477. The first-order chi connectivity index (χ1) is 9.66. The average Bonchev–Trinajstić information content (AvgIpc) is 2.46. The fraction of sp³-hybridized carbons (Fsp3) is 0.0667. The van der Waals surface area contributed by atoms with Gasteiger partial charge in [0, 0.05) is 0 Å². The van der Waals surface area contributed by atoms with Crippen molar-refractivity contribution in [2.24, 2.45) is 0 Å². The van der Waals surface area contributed by atoms with Crippen LogP contribution in [0.3, 0.4) is 0 Å². The molecule has 2 aromatic rings. The Balaban J connectivity index is 2.06. The maximum absolute atomic E-state index is 11.7. The average molecular weight is 271 g/mol. The van der Waals surface area contributed by atoms with Gasteiger partial charge in [-0.2, -0.15) is 0 Å². The van der Waals surface area contributed by atoms with E-state index in [4.69, 9.17) is 4.74 Å². The first-order valence-electron chi connectivity index (χ1n) is 5.98. The van der Waals surface area contributed by atoms with Crippen molar-refractivity contribution in [1.29, 1.82) is 0 Å².